The summed E-state index contributed by atoms with van der Waals surface area (Å²) in [5.74, 6) is -0.697. The Morgan fingerprint density at radius 2 is 1.80 bits per heavy atom. The molecule has 1 aliphatic carbocycles. The quantitative estimate of drug-likeness (QED) is 0.634. The summed E-state index contributed by atoms with van der Waals surface area (Å²) >= 11 is 0. The Morgan fingerprint density at radius 3 is 2.37 bits per heavy atom. The van der Waals surface area contributed by atoms with E-state index >= 15 is 0 Å². The van der Waals surface area contributed by atoms with E-state index in [-0.39, 0.29) is 23.8 Å². The summed E-state index contributed by atoms with van der Waals surface area (Å²) in [5.41, 5.74) is 2.21. The first-order valence-electron chi connectivity index (χ1n) is 12.8. The molecule has 2 N–H and O–H groups in total. The molecule has 1 unspecified atom stereocenters. The lowest BCUT2D eigenvalue weighted by Gasteiger charge is -2.35. The van der Waals surface area contributed by atoms with E-state index in [2.05, 4.69) is 36.4 Å². The smallest absolute Gasteiger partial charge is 0.248 e. The Hall–Kier alpha value is -2.80. The minimum atomic E-state index is -1.30. The summed E-state index contributed by atoms with van der Waals surface area (Å²) in [6.07, 6.45) is 7.42. The van der Waals surface area contributed by atoms with E-state index < -0.39 is 24.2 Å². The van der Waals surface area contributed by atoms with Gasteiger partial charge in [0.25, 0.3) is 0 Å². The van der Waals surface area contributed by atoms with Crippen LogP contribution in [0, 0.1) is 0 Å². The number of hydrogen-bond acceptors (Lipinski definition) is 4. The van der Waals surface area contributed by atoms with E-state index in [1.807, 2.05) is 24.3 Å². The molecular weight excluding hydrogens is 443 g/mol. The second kappa shape index (κ2) is 10.9. The average molecular weight is 481 g/mol. The third-order valence-corrected chi connectivity index (χ3v) is 7.12. The van der Waals surface area contributed by atoms with Crippen LogP contribution >= 0.6 is 0 Å². The van der Waals surface area contributed by atoms with Crippen molar-refractivity contribution in [2.45, 2.75) is 89.0 Å². The van der Waals surface area contributed by atoms with E-state index in [1.165, 1.54) is 11.3 Å². The molecule has 2 amide bonds. The molecule has 1 saturated carbocycles. The van der Waals surface area contributed by atoms with Crippen LogP contribution in [-0.4, -0.2) is 41.6 Å². The summed E-state index contributed by atoms with van der Waals surface area (Å²) < 4.78 is 14.8. The highest BCUT2D eigenvalue weighted by atomic mass is 19.1. The maximum absolute atomic E-state index is 14.8. The molecule has 35 heavy (non-hydrogen) atoms. The van der Waals surface area contributed by atoms with Crippen LogP contribution in [0.3, 0.4) is 0 Å². The van der Waals surface area contributed by atoms with Crippen LogP contribution in [0.5, 0.6) is 0 Å². The Balaban J connectivity index is 1.75. The van der Waals surface area contributed by atoms with Crippen LogP contribution < -0.4 is 15.5 Å². The van der Waals surface area contributed by atoms with Crippen LogP contribution in [0.2, 0.25) is 0 Å². The number of amides is 2. The molecule has 1 aliphatic heterocycles. The normalized spacial score (nSPS) is 21.9. The van der Waals surface area contributed by atoms with Gasteiger partial charge in [0.15, 0.2) is 0 Å². The largest absolute Gasteiger partial charge is 0.351 e. The zero-order valence-corrected chi connectivity index (χ0v) is 21.0. The number of benzene rings is 1. The van der Waals surface area contributed by atoms with Crippen LogP contribution in [0.1, 0.15) is 76.5 Å². The Kier molecular flexibility index (Phi) is 7.85. The van der Waals surface area contributed by atoms with Gasteiger partial charge < -0.3 is 10.6 Å². The summed E-state index contributed by atoms with van der Waals surface area (Å²) in [4.78, 5) is 33.4. The summed E-state index contributed by atoms with van der Waals surface area (Å²) in [6, 6.07) is 9.37. The molecule has 6 nitrogen and oxygen atoms in total. The Labute approximate surface area is 207 Å². The predicted octanol–water partition coefficient (Wildman–Crippen LogP) is 4.60. The lowest BCUT2D eigenvalue weighted by atomic mass is 9.87. The predicted molar refractivity (Wildman–Crippen MR) is 136 cm³/mol. The standard InChI is InChI=1S/C28H37FN4O2/c1-28(2,3)20-11-13-22(14-12-20)33(27(35)24-23(29)15-17-31-24)25(19-8-7-16-30-18-19)26(34)32-21-9-5-4-6-10-21/h7-8,11-14,16,18,21,23-25,31H,4-6,9-10,15,17H2,1-3H3,(H,32,34)/t23-,24-,25?/m1/s1. The SMILES string of the molecule is CC(C)(C)c1ccc(N(C(=O)[C@@H]2NCC[C@H]2F)C(C(=O)NC2CCCCC2)c2cccnc2)cc1. The third kappa shape index (κ3) is 5.89. The molecule has 4 rings (SSSR count). The molecule has 0 spiro atoms. The summed E-state index contributed by atoms with van der Waals surface area (Å²) in [6.45, 7) is 6.80. The summed E-state index contributed by atoms with van der Waals surface area (Å²) in [7, 11) is 0. The number of alkyl halides is 1. The van der Waals surface area contributed by atoms with Crippen molar-refractivity contribution >= 4 is 17.5 Å². The van der Waals surface area contributed by atoms with Gasteiger partial charge in [0, 0.05) is 29.7 Å². The fraction of sp³-hybridized carbons (Fsp3) is 0.536. The van der Waals surface area contributed by atoms with Crippen LogP contribution in [-0.2, 0) is 15.0 Å². The molecule has 1 saturated heterocycles. The molecule has 0 bridgehead atoms. The van der Waals surface area contributed by atoms with E-state index in [4.69, 9.17) is 0 Å². The Morgan fingerprint density at radius 1 is 1.09 bits per heavy atom. The molecule has 3 atom stereocenters. The van der Waals surface area contributed by atoms with Gasteiger partial charge in [-0.2, -0.15) is 0 Å². The highest BCUT2D eigenvalue weighted by Crippen LogP contribution is 2.33. The maximum Gasteiger partial charge on any atom is 0.248 e. The minimum Gasteiger partial charge on any atom is -0.351 e. The van der Waals surface area contributed by atoms with E-state index in [1.54, 1.807) is 24.5 Å². The number of nitrogens with zero attached hydrogens (tertiary/aromatic N) is 2. The van der Waals surface area contributed by atoms with Gasteiger partial charge in [-0.3, -0.25) is 19.5 Å². The van der Waals surface area contributed by atoms with Gasteiger partial charge in [-0.1, -0.05) is 58.2 Å². The van der Waals surface area contributed by atoms with Gasteiger partial charge in [0.1, 0.15) is 18.3 Å². The second-order valence-electron chi connectivity index (χ2n) is 10.8. The van der Waals surface area contributed by atoms with Gasteiger partial charge >= 0.3 is 0 Å². The number of carbonyl (C=O) groups is 2. The molecule has 7 heteroatoms. The summed E-state index contributed by atoms with van der Waals surface area (Å²) in [5, 5.41) is 6.19. The highest BCUT2D eigenvalue weighted by molar-refractivity contribution is 6.04. The van der Waals surface area contributed by atoms with Gasteiger partial charge in [-0.15, -0.1) is 0 Å². The molecule has 2 aromatic rings. The molecule has 1 aromatic heterocycles. The fourth-order valence-corrected chi connectivity index (χ4v) is 5.07. The molecule has 2 heterocycles. The van der Waals surface area contributed by atoms with Crippen molar-refractivity contribution in [3.05, 3.63) is 59.9 Å². The molecule has 2 aliphatic rings. The number of carbonyl (C=O) groups excluding carboxylic acids is 2. The zero-order chi connectivity index (χ0) is 25.0. The number of hydrogen-bond donors (Lipinski definition) is 2. The lowest BCUT2D eigenvalue weighted by Crippen LogP contribution is -2.53. The highest BCUT2D eigenvalue weighted by Gasteiger charge is 2.41. The van der Waals surface area contributed by atoms with Crippen LogP contribution in [0.4, 0.5) is 10.1 Å². The Bertz CT molecular complexity index is 1000. The number of rotatable bonds is 6. The van der Waals surface area contributed by atoms with Gasteiger partial charge in [0.2, 0.25) is 11.8 Å². The number of aromatic nitrogens is 1. The number of anilines is 1. The molecule has 0 radical (unpaired) electrons. The van der Waals surface area contributed by atoms with Gasteiger partial charge in [-0.05, 0) is 55.0 Å². The maximum atomic E-state index is 14.8. The monoisotopic (exact) mass is 480 g/mol. The first-order chi connectivity index (χ1) is 16.8. The van der Waals surface area contributed by atoms with Crippen LogP contribution in [0.25, 0.3) is 0 Å². The van der Waals surface area contributed by atoms with Crippen molar-refractivity contribution in [1.29, 1.82) is 0 Å². The third-order valence-electron chi connectivity index (χ3n) is 7.12. The van der Waals surface area contributed by atoms with Crippen molar-refractivity contribution in [2.24, 2.45) is 0 Å². The van der Waals surface area contributed by atoms with Crippen molar-refractivity contribution in [3.63, 3.8) is 0 Å². The number of pyridine rings is 1. The number of nitrogens with one attached hydrogen (secondary N) is 2. The van der Waals surface area contributed by atoms with Gasteiger partial charge in [0.05, 0.1) is 0 Å². The molecule has 188 valence electrons. The van der Waals surface area contributed by atoms with Crippen molar-refractivity contribution in [1.82, 2.24) is 15.6 Å². The minimum absolute atomic E-state index is 0.0640. The lowest BCUT2D eigenvalue weighted by molar-refractivity contribution is -0.128. The second-order valence-corrected chi connectivity index (χ2v) is 10.8. The number of halogens is 1. The average Bonchev–Trinajstić information content (AvgIpc) is 3.28. The van der Waals surface area contributed by atoms with E-state index in [0.29, 0.717) is 17.8 Å². The van der Waals surface area contributed by atoms with Gasteiger partial charge in [-0.25, -0.2) is 4.39 Å². The van der Waals surface area contributed by atoms with Crippen molar-refractivity contribution < 1.29 is 14.0 Å². The van der Waals surface area contributed by atoms with E-state index in [9.17, 15) is 14.0 Å². The van der Waals surface area contributed by atoms with Crippen LogP contribution in [0.15, 0.2) is 48.8 Å². The molecule has 1 aromatic carbocycles. The molecular formula is C28H37FN4O2. The topological polar surface area (TPSA) is 74.3 Å². The zero-order valence-electron chi connectivity index (χ0n) is 21.0. The first-order valence-corrected chi connectivity index (χ1v) is 12.8. The molecule has 2 fully saturated rings. The van der Waals surface area contributed by atoms with Crippen molar-refractivity contribution in [3.8, 4) is 0 Å². The first kappa shape index (κ1) is 25.3. The van der Waals surface area contributed by atoms with E-state index in [0.717, 1.165) is 31.2 Å². The van der Waals surface area contributed by atoms with Crippen molar-refractivity contribution in [2.75, 3.05) is 11.4 Å². The fourth-order valence-electron chi connectivity index (χ4n) is 5.07.